The molecule has 0 saturated heterocycles. The number of carbonyl (C=O) groups excluding carboxylic acids is 1. The van der Waals surface area contributed by atoms with Gasteiger partial charge in [0.1, 0.15) is 5.56 Å². The topological polar surface area (TPSA) is 88.0 Å². The van der Waals surface area contributed by atoms with Gasteiger partial charge in [0.2, 0.25) is 0 Å². The number of hydrogen-bond donors (Lipinski definition) is 3. The third kappa shape index (κ3) is 2.94. The first kappa shape index (κ1) is 13.4. The van der Waals surface area contributed by atoms with E-state index in [1.54, 1.807) is 6.07 Å². The van der Waals surface area contributed by atoms with Crippen LogP contribution in [0, 0.1) is 0 Å². The minimum Gasteiger partial charge on any atom is -0.345 e. The second-order valence-corrected chi connectivity index (χ2v) is 4.06. The largest absolute Gasteiger partial charge is 0.345 e. The first-order chi connectivity index (χ1) is 8.08. The van der Waals surface area contributed by atoms with Crippen LogP contribution in [0.15, 0.2) is 23.1 Å². The summed E-state index contributed by atoms with van der Waals surface area (Å²) in [5, 5.41) is 2.85. The van der Waals surface area contributed by atoms with Crippen LogP contribution < -0.4 is 16.6 Å². The quantitative estimate of drug-likeness (QED) is 0.701. The fraction of sp³-hybridized carbons (Fsp3) is 0.500. The van der Waals surface area contributed by atoms with Gasteiger partial charge in [-0.15, -0.1) is 0 Å². The van der Waals surface area contributed by atoms with Gasteiger partial charge in [-0.25, -0.2) is 0 Å². The summed E-state index contributed by atoms with van der Waals surface area (Å²) in [5.74, 6) is -0.374. The van der Waals surface area contributed by atoms with Crippen LogP contribution in [0.5, 0.6) is 0 Å². The van der Waals surface area contributed by atoms with Gasteiger partial charge in [0.05, 0.1) is 5.54 Å². The molecular formula is C12H19N3O2. The summed E-state index contributed by atoms with van der Waals surface area (Å²) in [4.78, 5) is 25.9. The van der Waals surface area contributed by atoms with Crippen LogP contribution in [0.2, 0.25) is 0 Å². The summed E-state index contributed by atoms with van der Waals surface area (Å²) >= 11 is 0. The molecule has 5 nitrogen and oxygen atoms in total. The van der Waals surface area contributed by atoms with Crippen molar-refractivity contribution in [3.8, 4) is 0 Å². The lowest BCUT2D eigenvalue weighted by Gasteiger charge is -2.31. The predicted octanol–water partition coefficient (Wildman–Crippen LogP) is 0.622. The van der Waals surface area contributed by atoms with Crippen molar-refractivity contribution in [1.29, 1.82) is 0 Å². The number of aromatic amines is 1. The molecule has 17 heavy (non-hydrogen) atoms. The molecule has 1 aromatic rings. The van der Waals surface area contributed by atoms with Gasteiger partial charge in [-0.1, -0.05) is 13.8 Å². The minimum atomic E-state index is -0.431. The first-order valence-electron chi connectivity index (χ1n) is 5.79. The molecule has 0 aliphatic heterocycles. The summed E-state index contributed by atoms with van der Waals surface area (Å²) in [5.41, 5.74) is 4.99. The van der Waals surface area contributed by atoms with Crippen molar-refractivity contribution in [3.05, 3.63) is 34.2 Å². The molecule has 4 N–H and O–H groups in total. The molecule has 1 heterocycles. The molecule has 0 unspecified atom stereocenters. The third-order valence-electron chi connectivity index (χ3n) is 3.19. The zero-order chi connectivity index (χ0) is 12.9. The number of rotatable bonds is 5. The summed E-state index contributed by atoms with van der Waals surface area (Å²) in [6, 6.07) is 3.12. The van der Waals surface area contributed by atoms with Crippen LogP contribution in [0.1, 0.15) is 37.0 Å². The Morgan fingerprint density at radius 2 is 2.12 bits per heavy atom. The van der Waals surface area contributed by atoms with E-state index in [-0.39, 0.29) is 17.0 Å². The fourth-order valence-electron chi connectivity index (χ4n) is 1.68. The standard InChI is InChI=1S/C12H19N3O2/c1-3-12(4-2,8-13)15-11(17)9-6-5-7-14-10(9)16/h5-7H,3-4,8,13H2,1-2H3,(H,14,16)(H,15,17). The normalized spacial score (nSPS) is 11.2. The molecule has 0 fully saturated rings. The molecule has 0 saturated carbocycles. The van der Waals surface area contributed by atoms with E-state index in [4.69, 9.17) is 5.73 Å². The van der Waals surface area contributed by atoms with Gasteiger partial charge in [0, 0.05) is 12.7 Å². The van der Waals surface area contributed by atoms with Crippen molar-refractivity contribution in [2.45, 2.75) is 32.2 Å². The number of hydrogen-bond acceptors (Lipinski definition) is 3. The molecule has 1 rings (SSSR count). The lowest BCUT2D eigenvalue weighted by Crippen LogP contribution is -2.53. The molecule has 1 aromatic heterocycles. The Morgan fingerprint density at radius 1 is 1.47 bits per heavy atom. The molecular weight excluding hydrogens is 218 g/mol. The summed E-state index contributed by atoms with van der Waals surface area (Å²) in [6.45, 7) is 4.29. The SMILES string of the molecule is CCC(CC)(CN)NC(=O)c1ccc[nH]c1=O. The Bertz CT molecular complexity index is 427. The van der Waals surface area contributed by atoms with Crippen LogP contribution >= 0.6 is 0 Å². The van der Waals surface area contributed by atoms with Gasteiger partial charge in [0.25, 0.3) is 11.5 Å². The Balaban J connectivity index is 2.93. The lowest BCUT2D eigenvalue weighted by atomic mass is 9.92. The molecule has 0 spiro atoms. The minimum absolute atomic E-state index is 0.118. The highest BCUT2D eigenvalue weighted by atomic mass is 16.2. The summed E-state index contributed by atoms with van der Waals surface area (Å²) < 4.78 is 0. The smallest absolute Gasteiger partial charge is 0.260 e. The van der Waals surface area contributed by atoms with Crippen molar-refractivity contribution in [3.63, 3.8) is 0 Å². The van der Waals surface area contributed by atoms with E-state index < -0.39 is 5.54 Å². The molecule has 0 bridgehead atoms. The van der Waals surface area contributed by atoms with Crippen LogP contribution in [-0.2, 0) is 0 Å². The highest BCUT2D eigenvalue weighted by Crippen LogP contribution is 2.13. The first-order valence-corrected chi connectivity index (χ1v) is 5.79. The van der Waals surface area contributed by atoms with Crippen molar-refractivity contribution >= 4 is 5.91 Å². The highest BCUT2D eigenvalue weighted by molar-refractivity contribution is 5.94. The van der Waals surface area contributed by atoms with E-state index in [2.05, 4.69) is 10.3 Å². The van der Waals surface area contributed by atoms with Crippen LogP contribution in [0.3, 0.4) is 0 Å². The maximum atomic E-state index is 12.0. The van der Waals surface area contributed by atoms with Gasteiger partial charge in [-0.05, 0) is 25.0 Å². The predicted molar refractivity (Wildman–Crippen MR) is 66.9 cm³/mol. The van der Waals surface area contributed by atoms with E-state index >= 15 is 0 Å². The van der Waals surface area contributed by atoms with E-state index in [9.17, 15) is 9.59 Å². The van der Waals surface area contributed by atoms with E-state index in [0.29, 0.717) is 6.54 Å². The Morgan fingerprint density at radius 3 is 2.59 bits per heavy atom. The molecule has 0 radical (unpaired) electrons. The molecule has 0 aliphatic rings. The number of aromatic nitrogens is 1. The van der Waals surface area contributed by atoms with Crippen LogP contribution in [0.4, 0.5) is 0 Å². The average Bonchev–Trinajstić information content (AvgIpc) is 2.36. The molecule has 0 aliphatic carbocycles. The van der Waals surface area contributed by atoms with E-state index in [1.165, 1.54) is 12.3 Å². The monoisotopic (exact) mass is 237 g/mol. The van der Waals surface area contributed by atoms with Crippen LogP contribution in [-0.4, -0.2) is 23.0 Å². The van der Waals surface area contributed by atoms with Gasteiger partial charge in [-0.2, -0.15) is 0 Å². The summed E-state index contributed by atoms with van der Waals surface area (Å²) in [6.07, 6.45) is 2.96. The van der Waals surface area contributed by atoms with Crippen molar-refractivity contribution in [2.24, 2.45) is 5.73 Å². The Labute approximate surface area is 100 Å². The highest BCUT2D eigenvalue weighted by Gasteiger charge is 2.27. The molecule has 1 amide bonds. The van der Waals surface area contributed by atoms with Crippen molar-refractivity contribution in [2.75, 3.05) is 6.54 Å². The van der Waals surface area contributed by atoms with Gasteiger partial charge >= 0.3 is 0 Å². The Hall–Kier alpha value is -1.62. The summed E-state index contributed by atoms with van der Waals surface area (Å²) in [7, 11) is 0. The number of H-pyrrole nitrogens is 1. The number of pyridine rings is 1. The average molecular weight is 237 g/mol. The number of nitrogens with one attached hydrogen (secondary N) is 2. The number of amides is 1. The maximum absolute atomic E-state index is 12.0. The van der Waals surface area contributed by atoms with Gasteiger partial charge < -0.3 is 16.0 Å². The molecule has 5 heteroatoms. The maximum Gasteiger partial charge on any atom is 0.260 e. The van der Waals surface area contributed by atoms with Gasteiger partial charge in [-0.3, -0.25) is 9.59 Å². The van der Waals surface area contributed by atoms with Crippen molar-refractivity contribution < 1.29 is 4.79 Å². The fourth-order valence-corrected chi connectivity index (χ4v) is 1.68. The van der Waals surface area contributed by atoms with E-state index in [1.807, 2.05) is 13.8 Å². The zero-order valence-electron chi connectivity index (χ0n) is 10.2. The Kier molecular flexibility index (Phi) is 4.45. The molecule has 0 atom stereocenters. The van der Waals surface area contributed by atoms with Gasteiger partial charge in [0.15, 0.2) is 0 Å². The molecule has 94 valence electrons. The zero-order valence-corrected chi connectivity index (χ0v) is 10.2. The number of nitrogens with two attached hydrogens (primary N) is 1. The number of carbonyl (C=O) groups is 1. The van der Waals surface area contributed by atoms with E-state index in [0.717, 1.165) is 12.8 Å². The third-order valence-corrected chi connectivity index (χ3v) is 3.19. The van der Waals surface area contributed by atoms with Crippen LogP contribution in [0.25, 0.3) is 0 Å². The second-order valence-electron chi connectivity index (χ2n) is 4.06. The second kappa shape index (κ2) is 5.63. The molecule has 0 aromatic carbocycles. The van der Waals surface area contributed by atoms with Crippen molar-refractivity contribution in [1.82, 2.24) is 10.3 Å². The lowest BCUT2D eigenvalue weighted by molar-refractivity contribution is 0.0893.